The highest BCUT2D eigenvalue weighted by molar-refractivity contribution is 7.17. The first-order valence-corrected chi connectivity index (χ1v) is 11.6. The van der Waals surface area contributed by atoms with Gasteiger partial charge in [-0.15, -0.1) is 11.3 Å². The third-order valence-corrected chi connectivity index (χ3v) is 7.48. The molecule has 1 aromatic carbocycles. The van der Waals surface area contributed by atoms with E-state index in [1.54, 1.807) is 0 Å². The molecule has 1 atom stereocenters. The van der Waals surface area contributed by atoms with Crippen LogP contribution in [0.25, 0.3) is 0 Å². The van der Waals surface area contributed by atoms with E-state index < -0.39 is 5.91 Å². The Bertz CT molecular complexity index is 980. The summed E-state index contributed by atoms with van der Waals surface area (Å²) in [4.78, 5) is 40.6. The van der Waals surface area contributed by atoms with Gasteiger partial charge in [0.05, 0.1) is 11.6 Å². The third kappa shape index (κ3) is 4.65. The number of piperidine rings is 1. The molecule has 7 nitrogen and oxygen atoms in total. The molecule has 1 aromatic heterocycles. The molecule has 3 amide bonds. The van der Waals surface area contributed by atoms with Crippen molar-refractivity contribution in [1.29, 1.82) is 0 Å². The number of hydrogen-bond donors (Lipinski definition) is 3. The van der Waals surface area contributed by atoms with Crippen molar-refractivity contribution in [2.75, 3.05) is 23.7 Å². The molecule has 2 heterocycles. The van der Waals surface area contributed by atoms with E-state index in [-0.39, 0.29) is 23.8 Å². The minimum absolute atomic E-state index is 0.0298. The van der Waals surface area contributed by atoms with Crippen molar-refractivity contribution in [3.8, 4) is 0 Å². The molecule has 164 valence electrons. The van der Waals surface area contributed by atoms with Crippen molar-refractivity contribution in [2.24, 2.45) is 11.7 Å². The second-order valence-corrected chi connectivity index (χ2v) is 9.36. The molecule has 0 radical (unpaired) electrons. The van der Waals surface area contributed by atoms with Crippen LogP contribution in [0.2, 0.25) is 0 Å². The first-order chi connectivity index (χ1) is 14.9. The molecule has 8 heteroatoms. The van der Waals surface area contributed by atoms with Crippen molar-refractivity contribution in [2.45, 2.75) is 45.1 Å². The predicted octanol–water partition coefficient (Wildman–Crippen LogP) is 3.01. The van der Waals surface area contributed by atoms with Gasteiger partial charge in [-0.2, -0.15) is 0 Å². The highest BCUT2D eigenvalue weighted by Gasteiger charge is 2.31. The number of para-hydroxylation sites is 1. The number of fused-ring (bicyclic) bond motifs is 1. The zero-order valence-electron chi connectivity index (χ0n) is 17.6. The van der Waals surface area contributed by atoms with Crippen molar-refractivity contribution < 1.29 is 14.4 Å². The maximum atomic E-state index is 12.9. The lowest BCUT2D eigenvalue weighted by Crippen LogP contribution is -2.47. The second kappa shape index (κ2) is 9.20. The van der Waals surface area contributed by atoms with Crippen molar-refractivity contribution in [1.82, 2.24) is 4.90 Å². The Kier molecular flexibility index (Phi) is 6.38. The molecule has 0 saturated carbocycles. The van der Waals surface area contributed by atoms with Gasteiger partial charge in [-0.05, 0) is 69.8 Å². The Morgan fingerprint density at radius 2 is 1.81 bits per heavy atom. The number of primary amides is 1. The summed E-state index contributed by atoms with van der Waals surface area (Å²) in [5.41, 5.74) is 7.88. The average Bonchev–Trinajstić information content (AvgIpc) is 3.34. The van der Waals surface area contributed by atoms with Gasteiger partial charge in [-0.25, -0.2) is 0 Å². The van der Waals surface area contributed by atoms with Gasteiger partial charge in [0, 0.05) is 16.5 Å². The summed E-state index contributed by atoms with van der Waals surface area (Å²) in [7, 11) is 0. The van der Waals surface area contributed by atoms with Gasteiger partial charge in [-0.1, -0.05) is 18.2 Å². The monoisotopic (exact) mass is 440 g/mol. The topological polar surface area (TPSA) is 105 Å². The van der Waals surface area contributed by atoms with Crippen LogP contribution in [-0.2, 0) is 22.4 Å². The van der Waals surface area contributed by atoms with E-state index in [1.807, 2.05) is 37.3 Å². The lowest BCUT2D eigenvalue weighted by Gasteiger charge is -2.34. The van der Waals surface area contributed by atoms with Crippen molar-refractivity contribution >= 4 is 39.7 Å². The van der Waals surface area contributed by atoms with Crippen LogP contribution >= 0.6 is 11.3 Å². The highest BCUT2D eigenvalue weighted by Crippen LogP contribution is 2.39. The standard InChI is InChI=1S/C23H28N4O3S/c1-14(21(29)26-23-19(20(24)28)17-8-5-9-18(17)31-23)27-12-10-15(11-13-27)22(30)25-16-6-3-2-4-7-16/h2-4,6-7,14-15H,5,8-13H2,1H3,(H2,24,28)(H,25,30)(H,26,29)/t14-/m1/s1. The maximum Gasteiger partial charge on any atom is 0.251 e. The number of hydrogen-bond acceptors (Lipinski definition) is 5. The lowest BCUT2D eigenvalue weighted by atomic mass is 9.94. The van der Waals surface area contributed by atoms with E-state index in [0.29, 0.717) is 36.5 Å². The zero-order chi connectivity index (χ0) is 22.0. The van der Waals surface area contributed by atoms with E-state index in [2.05, 4.69) is 15.5 Å². The zero-order valence-corrected chi connectivity index (χ0v) is 18.5. The van der Waals surface area contributed by atoms with Gasteiger partial charge in [0.1, 0.15) is 5.00 Å². The molecular formula is C23H28N4O3S. The van der Waals surface area contributed by atoms with Gasteiger partial charge in [0.15, 0.2) is 0 Å². The van der Waals surface area contributed by atoms with Crippen LogP contribution in [0.4, 0.5) is 10.7 Å². The smallest absolute Gasteiger partial charge is 0.251 e. The number of aryl methyl sites for hydroxylation is 1. The summed E-state index contributed by atoms with van der Waals surface area (Å²) in [5.74, 6) is -0.655. The Hall–Kier alpha value is -2.71. The van der Waals surface area contributed by atoms with Crippen LogP contribution in [0.1, 0.15) is 47.0 Å². The maximum absolute atomic E-state index is 12.9. The van der Waals surface area contributed by atoms with Gasteiger partial charge >= 0.3 is 0 Å². The quantitative estimate of drug-likeness (QED) is 0.642. The number of nitrogens with one attached hydrogen (secondary N) is 2. The minimum Gasteiger partial charge on any atom is -0.365 e. The molecule has 0 bridgehead atoms. The fraction of sp³-hybridized carbons (Fsp3) is 0.435. The summed E-state index contributed by atoms with van der Waals surface area (Å²) < 4.78 is 0. The largest absolute Gasteiger partial charge is 0.365 e. The molecule has 1 saturated heterocycles. The van der Waals surface area contributed by atoms with Crippen LogP contribution in [0, 0.1) is 5.92 Å². The normalized spacial score (nSPS) is 17.7. The summed E-state index contributed by atoms with van der Waals surface area (Å²) in [5, 5.41) is 6.49. The Labute approximate surface area is 186 Å². The van der Waals surface area contributed by atoms with E-state index in [0.717, 1.165) is 35.4 Å². The van der Waals surface area contributed by atoms with Gasteiger partial charge < -0.3 is 16.4 Å². The first-order valence-electron chi connectivity index (χ1n) is 10.8. The number of anilines is 2. The fourth-order valence-corrected chi connectivity index (χ4v) is 5.75. The number of rotatable bonds is 6. The molecule has 1 aliphatic heterocycles. The fourth-order valence-electron chi connectivity index (χ4n) is 4.45. The number of carbonyl (C=O) groups excluding carboxylic acids is 3. The van der Waals surface area contributed by atoms with Gasteiger partial charge in [0.2, 0.25) is 11.8 Å². The van der Waals surface area contributed by atoms with E-state index in [9.17, 15) is 14.4 Å². The lowest BCUT2D eigenvalue weighted by molar-refractivity contribution is -0.123. The second-order valence-electron chi connectivity index (χ2n) is 8.26. The molecule has 4 N–H and O–H groups in total. The summed E-state index contributed by atoms with van der Waals surface area (Å²) in [6.07, 6.45) is 4.21. The van der Waals surface area contributed by atoms with E-state index in [1.165, 1.54) is 11.3 Å². The number of amides is 3. The molecule has 1 fully saturated rings. The highest BCUT2D eigenvalue weighted by atomic mass is 32.1. The Balaban J connectivity index is 1.33. The van der Waals surface area contributed by atoms with Crippen LogP contribution < -0.4 is 16.4 Å². The molecule has 31 heavy (non-hydrogen) atoms. The summed E-state index contributed by atoms with van der Waals surface area (Å²) >= 11 is 1.47. The van der Waals surface area contributed by atoms with Crippen molar-refractivity contribution in [3.05, 3.63) is 46.3 Å². The molecule has 0 spiro atoms. The average molecular weight is 441 g/mol. The molecule has 1 aliphatic carbocycles. The van der Waals surface area contributed by atoms with E-state index >= 15 is 0 Å². The van der Waals surface area contributed by atoms with E-state index in [4.69, 9.17) is 5.73 Å². The van der Waals surface area contributed by atoms with Crippen molar-refractivity contribution in [3.63, 3.8) is 0 Å². The SMILES string of the molecule is C[C@H](C(=O)Nc1sc2c(c1C(N)=O)CCC2)N1CCC(C(=O)Nc2ccccc2)CC1. The van der Waals surface area contributed by atoms with Gasteiger partial charge in [0.25, 0.3) is 5.91 Å². The van der Waals surface area contributed by atoms with Crippen LogP contribution in [0.5, 0.6) is 0 Å². The molecule has 2 aliphatic rings. The number of likely N-dealkylation sites (tertiary alicyclic amines) is 1. The van der Waals surface area contributed by atoms with Crippen LogP contribution in [0.15, 0.2) is 30.3 Å². The Morgan fingerprint density at radius 3 is 2.48 bits per heavy atom. The van der Waals surface area contributed by atoms with Gasteiger partial charge in [-0.3, -0.25) is 19.3 Å². The number of benzene rings is 1. The summed E-state index contributed by atoms with van der Waals surface area (Å²) in [6, 6.07) is 9.10. The van der Waals surface area contributed by atoms with Crippen LogP contribution in [-0.4, -0.2) is 41.8 Å². The predicted molar refractivity (Wildman–Crippen MR) is 122 cm³/mol. The summed E-state index contributed by atoms with van der Waals surface area (Å²) in [6.45, 7) is 3.21. The minimum atomic E-state index is -0.479. The molecule has 4 rings (SSSR count). The molecule has 0 unspecified atom stereocenters. The number of thiophene rings is 1. The first kappa shape index (κ1) is 21.5. The number of nitrogens with zero attached hydrogens (tertiary/aromatic N) is 1. The van der Waals surface area contributed by atoms with Crippen LogP contribution in [0.3, 0.4) is 0 Å². The third-order valence-electron chi connectivity index (χ3n) is 6.27. The molecule has 2 aromatic rings. The Morgan fingerprint density at radius 1 is 1.10 bits per heavy atom. The number of nitrogens with two attached hydrogens (primary N) is 1. The number of carbonyl (C=O) groups is 3. The molecular weight excluding hydrogens is 412 g/mol.